The number of methoxy groups -OCH3 is 1. The molecule has 4 N–H and O–H groups in total. The van der Waals surface area contributed by atoms with Crippen molar-refractivity contribution in [2.45, 2.75) is 62.7 Å². The van der Waals surface area contributed by atoms with E-state index >= 15 is 0 Å². The maximum Gasteiger partial charge on any atom is 0.167 e. The Morgan fingerprint density at radius 3 is 2.88 bits per heavy atom. The summed E-state index contributed by atoms with van der Waals surface area (Å²) in [7, 11) is 1.71. The van der Waals surface area contributed by atoms with Gasteiger partial charge in [0.25, 0.3) is 0 Å². The number of fused-ring (bicyclic) bond motifs is 4. The molecule has 7 heteroatoms. The van der Waals surface area contributed by atoms with E-state index in [9.17, 15) is 0 Å². The van der Waals surface area contributed by atoms with Crippen LogP contribution in [0.25, 0.3) is 10.9 Å². The molecule has 3 saturated heterocycles. The molecular weight excluding hydrogens is 442 g/mol. The van der Waals surface area contributed by atoms with E-state index in [2.05, 4.69) is 45.3 Å². The zero-order valence-corrected chi connectivity index (χ0v) is 20.9. The molecule has 0 spiro atoms. The molecular formula is C27H37N5OS. The van der Waals surface area contributed by atoms with Gasteiger partial charge in [0.2, 0.25) is 0 Å². The molecule has 1 aromatic heterocycles. The van der Waals surface area contributed by atoms with Crippen LogP contribution >= 0.6 is 12.2 Å². The summed E-state index contributed by atoms with van der Waals surface area (Å²) in [5, 5.41) is 9.12. The van der Waals surface area contributed by atoms with E-state index in [-0.39, 0.29) is 18.1 Å². The van der Waals surface area contributed by atoms with Gasteiger partial charge in [0.05, 0.1) is 18.7 Å². The standard InChI is InChI=1S/C27H37N5OS/c1-3-17-16-32-13-11-18(17)14-25(32)26(31-27(34)30-24-7-5-4-6-22(24)28)20-10-12-29-23-9-8-19(33-2)15-21(20)23/h3,8-10,12,15,17-18,22,24-26H,1,4-7,11,13-14,16,28H2,2H3,(H2,30,31,34)/t17-,18+,22+,24+,25+,26+/m0/s1. The van der Waals surface area contributed by atoms with Crippen molar-refractivity contribution in [3.63, 3.8) is 0 Å². The molecule has 6 rings (SSSR count). The molecule has 34 heavy (non-hydrogen) atoms. The van der Waals surface area contributed by atoms with Gasteiger partial charge in [0, 0.05) is 36.3 Å². The first kappa shape index (κ1) is 23.5. The number of rotatable bonds is 6. The van der Waals surface area contributed by atoms with Gasteiger partial charge in [-0.1, -0.05) is 18.9 Å². The number of nitrogens with zero attached hydrogens (tertiary/aromatic N) is 2. The number of benzene rings is 1. The first-order valence-corrected chi connectivity index (χ1v) is 13.1. The Hall–Kier alpha value is -2.22. The zero-order valence-electron chi connectivity index (χ0n) is 20.1. The van der Waals surface area contributed by atoms with Crippen LogP contribution in [0.1, 0.15) is 50.1 Å². The summed E-state index contributed by atoms with van der Waals surface area (Å²) in [6.45, 7) is 6.29. The van der Waals surface area contributed by atoms with Crippen LogP contribution in [0.4, 0.5) is 0 Å². The van der Waals surface area contributed by atoms with E-state index in [1.807, 2.05) is 18.3 Å². The van der Waals surface area contributed by atoms with Crippen LogP contribution in [0.3, 0.4) is 0 Å². The summed E-state index contributed by atoms with van der Waals surface area (Å²) in [6, 6.07) is 9.04. The van der Waals surface area contributed by atoms with Gasteiger partial charge in [-0.05, 0) is 86.1 Å². The van der Waals surface area contributed by atoms with E-state index in [4.69, 9.17) is 22.7 Å². The number of hydrogen-bond acceptors (Lipinski definition) is 5. The van der Waals surface area contributed by atoms with Crippen molar-refractivity contribution in [2.24, 2.45) is 17.6 Å². The summed E-state index contributed by atoms with van der Waals surface area (Å²) in [4.78, 5) is 7.26. The minimum absolute atomic E-state index is 0.0472. The van der Waals surface area contributed by atoms with Crippen LogP contribution in [-0.4, -0.2) is 53.3 Å². The molecule has 4 aliphatic rings. The Bertz CT molecular complexity index is 1040. The van der Waals surface area contributed by atoms with E-state index in [1.165, 1.54) is 24.8 Å². The smallest absolute Gasteiger partial charge is 0.167 e. The number of aromatic nitrogens is 1. The van der Waals surface area contributed by atoms with E-state index in [1.54, 1.807) is 7.11 Å². The molecule has 182 valence electrons. The van der Waals surface area contributed by atoms with Gasteiger partial charge >= 0.3 is 0 Å². The first-order chi connectivity index (χ1) is 16.6. The molecule has 4 heterocycles. The van der Waals surface area contributed by atoms with Crippen molar-refractivity contribution in [1.29, 1.82) is 0 Å². The lowest BCUT2D eigenvalue weighted by molar-refractivity contribution is 0.00425. The summed E-state index contributed by atoms with van der Waals surface area (Å²) in [6.07, 6.45) is 11.0. The molecule has 1 saturated carbocycles. The molecule has 0 radical (unpaired) electrons. The Morgan fingerprint density at radius 2 is 2.15 bits per heavy atom. The van der Waals surface area contributed by atoms with Crippen molar-refractivity contribution >= 4 is 28.2 Å². The van der Waals surface area contributed by atoms with Crippen LogP contribution < -0.4 is 21.1 Å². The Kier molecular flexibility index (Phi) is 7.04. The van der Waals surface area contributed by atoms with Gasteiger partial charge in [0.15, 0.2) is 5.11 Å². The summed E-state index contributed by atoms with van der Waals surface area (Å²) >= 11 is 5.88. The second-order valence-electron chi connectivity index (χ2n) is 10.2. The van der Waals surface area contributed by atoms with Crippen LogP contribution in [0.2, 0.25) is 0 Å². The minimum atomic E-state index is 0.0472. The Labute approximate surface area is 208 Å². The highest BCUT2D eigenvalue weighted by molar-refractivity contribution is 7.80. The maximum absolute atomic E-state index is 6.41. The molecule has 1 aliphatic carbocycles. The zero-order chi connectivity index (χ0) is 23.7. The Morgan fingerprint density at radius 1 is 1.29 bits per heavy atom. The van der Waals surface area contributed by atoms with Crippen molar-refractivity contribution in [2.75, 3.05) is 20.2 Å². The topological polar surface area (TPSA) is 75.4 Å². The molecule has 0 amide bonds. The molecule has 1 aromatic carbocycles. The summed E-state index contributed by atoms with van der Waals surface area (Å²) in [5.41, 5.74) is 8.60. The molecule has 7 atom stereocenters. The highest BCUT2D eigenvalue weighted by Gasteiger charge is 2.43. The van der Waals surface area contributed by atoms with Gasteiger partial charge in [-0.2, -0.15) is 0 Å². The third-order valence-electron chi connectivity index (χ3n) is 8.28. The first-order valence-electron chi connectivity index (χ1n) is 12.7. The van der Waals surface area contributed by atoms with Crippen molar-refractivity contribution in [3.05, 3.63) is 48.7 Å². The van der Waals surface area contributed by atoms with Gasteiger partial charge in [-0.15, -0.1) is 6.58 Å². The fourth-order valence-electron chi connectivity index (χ4n) is 6.34. The molecule has 4 fully saturated rings. The third-order valence-corrected chi connectivity index (χ3v) is 8.51. The maximum atomic E-state index is 6.41. The van der Waals surface area contributed by atoms with E-state index in [0.29, 0.717) is 23.0 Å². The van der Waals surface area contributed by atoms with Crippen LogP contribution in [0.5, 0.6) is 5.75 Å². The number of thiocarbonyl (C=S) groups is 1. The van der Waals surface area contributed by atoms with Gasteiger partial charge in [-0.25, -0.2) is 0 Å². The predicted octanol–water partition coefficient (Wildman–Crippen LogP) is 3.91. The van der Waals surface area contributed by atoms with Gasteiger partial charge in [-0.3, -0.25) is 9.88 Å². The molecule has 3 aliphatic heterocycles. The number of nitrogens with one attached hydrogen (secondary N) is 2. The Balaban J connectivity index is 1.47. The van der Waals surface area contributed by atoms with Crippen LogP contribution in [0.15, 0.2) is 43.1 Å². The molecule has 2 bridgehead atoms. The number of pyridine rings is 1. The highest BCUT2D eigenvalue weighted by atomic mass is 32.1. The lowest BCUT2D eigenvalue weighted by atomic mass is 9.73. The summed E-state index contributed by atoms with van der Waals surface area (Å²) < 4.78 is 5.55. The van der Waals surface area contributed by atoms with Crippen molar-refractivity contribution < 1.29 is 4.74 Å². The largest absolute Gasteiger partial charge is 0.497 e. The number of piperidine rings is 3. The van der Waals surface area contributed by atoms with Crippen LogP contribution in [-0.2, 0) is 0 Å². The average Bonchev–Trinajstić information content (AvgIpc) is 2.88. The van der Waals surface area contributed by atoms with Crippen LogP contribution in [0, 0.1) is 11.8 Å². The predicted molar refractivity (Wildman–Crippen MR) is 142 cm³/mol. The SMILES string of the molecule is C=C[C@H]1CN2CC[C@@H]1C[C@@H]2[C@H](NC(=S)N[C@@H]1CCCC[C@H]1N)c1ccnc2ccc(OC)cc12. The molecule has 2 aromatic rings. The normalized spacial score (nSPS) is 31.6. The van der Waals surface area contributed by atoms with Gasteiger partial charge < -0.3 is 21.1 Å². The third kappa shape index (κ3) is 4.66. The number of nitrogens with two attached hydrogens (primary N) is 1. The van der Waals surface area contributed by atoms with Gasteiger partial charge in [0.1, 0.15) is 5.75 Å². The summed E-state index contributed by atoms with van der Waals surface area (Å²) in [5.74, 6) is 2.09. The van der Waals surface area contributed by atoms with E-state index < -0.39 is 0 Å². The number of hydrogen-bond donors (Lipinski definition) is 3. The lowest BCUT2D eigenvalue weighted by Crippen LogP contribution is -2.59. The number of ether oxygens (including phenoxy) is 1. The monoisotopic (exact) mass is 479 g/mol. The lowest BCUT2D eigenvalue weighted by Gasteiger charge is -2.52. The fourth-order valence-corrected chi connectivity index (χ4v) is 6.62. The second-order valence-corrected chi connectivity index (χ2v) is 10.6. The molecule has 1 unspecified atom stereocenters. The average molecular weight is 480 g/mol. The minimum Gasteiger partial charge on any atom is -0.497 e. The quantitative estimate of drug-likeness (QED) is 0.428. The second kappa shape index (κ2) is 10.2. The van der Waals surface area contributed by atoms with E-state index in [0.717, 1.165) is 49.0 Å². The molecule has 6 nitrogen and oxygen atoms in total. The fraction of sp³-hybridized carbons (Fsp3) is 0.556. The van der Waals surface area contributed by atoms with Crippen molar-refractivity contribution in [1.82, 2.24) is 20.5 Å². The highest BCUT2D eigenvalue weighted by Crippen LogP contribution is 2.42. The van der Waals surface area contributed by atoms with Crippen molar-refractivity contribution in [3.8, 4) is 5.75 Å².